The Bertz CT molecular complexity index is 552. The van der Waals surface area contributed by atoms with E-state index in [1.54, 1.807) is 0 Å². The lowest BCUT2D eigenvalue weighted by Gasteiger charge is -2.07. The Labute approximate surface area is 114 Å². The van der Waals surface area contributed by atoms with E-state index in [-0.39, 0.29) is 0 Å². The van der Waals surface area contributed by atoms with Gasteiger partial charge in [0.1, 0.15) is 5.82 Å². The van der Waals surface area contributed by atoms with Gasteiger partial charge in [-0.3, -0.25) is 0 Å². The lowest BCUT2D eigenvalue weighted by Crippen LogP contribution is -2.23. The zero-order valence-corrected chi connectivity index (χ0v) is 11.9. The first kappa shape index (κ1) is 12.7. The van der Waals surface area contributed by atoms with E-state index in [1.165, 1.54) is 36.2 Å². The third-order valence-corrected chi connectivity index (χ3v) is 3.72. The SMILES string of the molecule is CC(C)NCCCc1ccc2nc(C3CC3)[nH]c2c1. The molecule has 19 heavy (non-hydrogen) atoms. The summed E-state index contributed by atoms with van der Waals surface area (Å²) >= 11 is 0. The van der Waals surface area contributed by atoms with Crippen LogP contribution >= 0.6 is 0 Å². The van der Waals surface area contributed by atoms with Crippen molar-refractivity contribution < 1.29 is 0 Å². The summed E-state index contributed by atoms with van der Waals surface area (Å²) in [5, 5.41) is 3.46. The Hall–Kier alpha value is -1.35. The lowest BCUT2D eigenvalue weighted by atomic mass is 10.1. The van der Waals surface area contributed by atoms with E-state index in [9.17, 15) is 0 Å². The first-order chi connectivity index (χ1) is 9.22. The van der Waals surface area contributed by atoms with E-state index >= 15 is 0 Å². The highest BCUT2D eigenvalue weighted by molar-refractivity contribution is 5.76. The lowest BCUT2D eigenvalue weighted by molar-refractivity contribution is 0.570. The fourth-order valence-electron chi connectivity index (χ4n) is 2.47. The van der Waals surface area contributed by atoms with Crippen LogP contribution in [0.15, 0.2) is 18.2 Å². The van der Waals surface area contributed by atoms with Gasteiger partial charge < -0.3 is 10.3 Å². The second-order valence-electron chi connectivity index (χ2n) is 5.96. The van der Waals surface area contributed by atoms with Gasteiger partial charge in [0.15, 0.2) is 0 Å². The summed E-state index contributed by atoms with van der Waals surface area (Å²) in [4.78, 5) is 8.15. The Kier molecular flexibility index (Phi) is 3.56. The van der Waals surface area contributed by atoms with Crippen LogP contribution in [-0.4, -0.2) is 22.6 Å². The van der Waals surface area contributed by atoms with E-state index < -0.39 is 0 Å². The van der Waals surface area contributed by atoms with Crippen molar-refractivity contribution in [2.24, 2.45) is 0 Å². The van der Waals surface area contributed by atoms with Crippen molar-refractivity contribution in [1.29, 1.82) is 0 Å². The minimum absolute atomic E-state index is 0.580. The molecule has 3 nitrogen and oxygen atoms in total. The molecule has 1 aliphatic carbocycles. The van der Waals surface area contributed by atoms with E-state index in [2.05, 4.69) is 47.3 Å². The molecule has 0 spiro atoms. The van der Waals surface area contributed by atoms with Gasteiger partial charge in [-0.2, -0.15) is 0 Å². The van der Waals surface area contributed by atoms with E-state index in [0.717, 1.165) is 18.5 Å². The van der Waals surface area contributed by atoms with Crippen LogP contribution in [0.5, 0.6) is 0 Å². The molecule has 1 saturated carbocycles. The minimum Gasteiger partial charge on any atom is -0.342 e. The molecule has 1 fully saturated rings. The third-order valence-electron chi connectivity index (χ3n) is 3.72. The number of hydrogen-bond acceptors (Lipinski definition) is 2. The molecule has 2 N–H and O–H groups in total. The van der Waals surface area contributed by atoms with Crippen molar-refractivity contribution in [3.05, 3.63) is 29.6 Å². The van der Waals surface area contributed by atoms with Gasteiger partial charge in [0.05, 0.1) is 11.0 Å². The van der Waals surface area contributed by atoms with Gasteiger partial charge in [0.2, 0.25) is 0 Å². The molecule has 0 bridgehead atoms. The molecule has 3 rings (SSSR count). The quantitative estimate of drug-likeness (QED) is 0.779. The largest absolute Gasteiger partial charge is 0.342 e. The molecule has 3 heteroatoms. The van der Waals surface area contributed by atoms with E-state index in [4.69, 9.17) is 0 Å². The number of aromatic nitrogens is 2. The maximum atomic E-state index is 4.67. The first-order valence-corrected chi connectivity index (χ1v) is 7.44. The molecule has 0 atom stereocenters. The smallest absolute Gasteiger partial charge is 0.110 e. The number of benzene rings is 1. The maximum absolute atomic E-state index is 4.67. The molecule has 1 aliphatic rings. The van der Waals surface area contributed by atoms with Crippen LogP contribution in [0.25, 0.3) is 11.0 Å². The Morgan fingerprint density at radius 1 is 1.37 bits per heavy atom. The fraction of sp³-hybridized carbons (Fsp3) is 0.562. The standard InChI is InChI=1S/C16H23N3/c1-11(2)17-9-3-4-12-5-8-14-15(10-12)19-16(18-14)13-6-7-13/h5,8,10-11,13,17H,3-4,6-7,9H2,1-2H3,(H,18,19). The zero-order chi connectivity index (χ0) is 13.2. The molecule has 0 saturated heterocycles. The number of nitrogens with zero attached hydrogens (tertiary/aromatic N) is 1. The summed E-state index contributed by atoms with van der Waals surface area (Å²) < 4.78 is 0. The molecule has 0 unspecified atom stereocenters. The van der Waals surface area contributed by atoms with Crippen molar-refractivity contribution in [1.82, 2.24) is 15.3 Å². The van der Waals surface area contributed by atoms with Crippen molar-refractivity contribution in [2.45, 2.75) is 51.5 Å². The molecule has 2 aromatic rings. The van der Waals surface area contributed by atoms with Gasteiger partial charge >= 0.3 is 0 Å². The molecule has 1 heterocycles. The molecule has 0 radical (unpaired) electrons. The Balaban J connectivity index is 1.63. The highest BCUT2D eigenvalue weighted by Gasteiger charge is 2.26. The molecule has 0 amide bonds. The second-order valence-corrected chi connectivity index (χ2v) is 5.96. The van der Waals surface area contributed by atoms with Crippen molar-refractivity contribution in [2.75, 3.05) is 6.54 Å². The summed E-state index contributed by atoms with van der Waals surface area (Å²) in [5.74, 6) is 1.89. The fourth-order valence-corrected chi connectivity index (χ4v) is 2.47. The zero-order valence-electron chi connectivity index (χ0n) is 11.9. The Morgan fingerprint density at radius 2 is 2.21 bits per heavy atom. The van der Waals surface area contributed by atoms with E-state index in [1.807, 2.05) is 0 Å². The molecule has 0 aliphatic heterocycles. The summed E-state index contributed by atoms with van der Waals surface area (Å²) in [6.45, 7) is 5.47. The average Bonchev–Trinajstić information content (AvgIpc) is 3.14. The minimum atomic E-state index is 0.580. The Morgan fingerprint density at radius 3 is 2.95 bits per heavy atom. The molecule has 102 valence electrons. The van der Waals surface area contributed by atoms with Gasteiger partial charge in [-0.15, -0.1) is 0 Å². The van der Waals surface area contributed by atoms with Gasteiger partial charge in [-0.25, -0.2) is 4.98 Å². The van der Waals surface area contributed by atoms with Crippen LogP contribution < -0.4 is 5.32 Å². The van der Waals surface area contributed by atoms with Crippen LogP contribution in [0.1, 0.15) is 50.4 Å². The van der Waals surface area contributed by atoms with Crippen molar-refractivity contribution in [3.63, 3.8) is 0 Å². The number of rotatable bonds is 6. The number of aryl methyl sites for hydroxylation is 1. The van der Waals surface area contributed by atoms with Crippen LogP contribution in [-0.2, 0) is 6.42 Å². The number of nitrogens with one attached hydrogen (secondary N) is 2. The second kappa shape index (κ2) is 5.33. The summed E-state index contributed by atoms with van der Waals surface area (Å²) in [6, 6.07) is 7.22. The molecule has 1 aromatic carbocycles. The highest BCUT2D eigenvalue weighted by Crippen LogP contribution is 2.39. The van der Waals surface area contributed by atoms with Crippen LogP contribution in [0.3, 0.4) is 0 Å². The van der Waals surface area contributed by atoms with Gasteiger partial charge in [-0.05, 0) is 49.9 Å². The maximum Gasteiger partial charge on any atom is 0.110 e. The predicted molar refractivity (Wildman–Crippen MR) is 79.5 cm³/mol. The normalized spacial score (nSPS) is 15.5. The van der Waals surface area contributed by atoms with Crippen LogP contribution in [0.4, 0.5) is 0 Å². The highest BCUT2D eigenvalue weighted by atomic mass is 14.9. The van der Waals surface area contributed by atoms with Gasteiger partial charge in [-0.1, -0.05) is 19.9 Å². The summed E-state index contributed by atoms with van der Waals surface area (Å²) in [5.41, 5.74) is 3.73. The summed E-state index contributed by atoms with van der Waals surface area (Å²) in [6.07, 6.45) is 4.92. The number of imidazole rings is 1. The van der Waals surface area contributed by atoms with Crippen molar-refractivity contribution >= 4 is 11.0 Å². The number of hydrogen-bond donors (Lipinski definition) is 2. The number of aromatic amines is 1. The van der Waals surface area contributed by atoms with Gasteiger partial charge in [0, 0.05) is 12.0 Å². The average molecular weight is 257 g/mol. The first-order valence-electron chi connectivity index (χ1n) is 7.44. The van der Waals surface area contributed by atoms with Gasteiger partial charge in [0.25, 0.3) is 0 Å². The molecular weight excluding hydrogens is 234 g/mol. The summed E-state index contributed by atoms with van der Waals surface area (Å²) in [7, 11) is 0. The number of fused-ring (bicyclic) bond motifs is 1. The molecular formula is C16H23N3. The topological polar surface area (TPSA) is 40.7 Å². The van der Waals surface area contributed by atoms with Crippen LogP contribution in [0.2, 0.25) is 0 Å². The number of H-pyrrole nitrogens is 1. The molecule has 1 aromatic heterocycles. The monoisotopic (exact) mass is 257 g/mol. The third kappa shape index (κ3) is 3.16. The van der Waals surface area contributed by atoms with Crippen molar-refractivity contribution in [3.8, 4) is 0 Å². The van der Waals surface area contributed by atoms with E-state index in [0.29, 0.717) is 12.0 Å². The predicted octanol–water partition coefficient (Wildman–Crippen LogP) is 3.37. The van der Waals surface area contributed by atoms with Crippen LogP contribution in [0, 0.1) is 0 Å².